The molecule has 0 saturated heterocycles. The topological polar surface area (TPSA) is 4.93 Å². The van der Waals surface area contributed by atoms with E-state index in [1.165, 1.54) is 76.5 Å². The molecule has 8 aromatic rings. The predicted octanol–water partition coefficient (Wildman–Crippen LogP) is 10.2. The molecule has 0 aliphatic rings. The average Bonchev–Trinajstić information content (AvgIpc) is 3.31. The van der Waals surface area contributed by atoms with Crippen LogP contribution in [0.1, 0.15) is 5.56 Å². The summed E-state index contributed by atoms with van der Waals surface area (Å²) in [5.41, 5.74) is 7.40. The average molecular weight is 484 g/mol. The number of benzene rings is 7. The summed E-state index contributed by atoms with van der Waals surface area (Å²) in [7, 11) is 0. The van der Waals surface area contributed by atoms with E-state index < -0.39 is 0 Å². The van der Waals surface area contributed by atoms with E-state index >= 15 is 0 Å². The second-order valence-corrected chi connectivity index (χ2v) is 10.3. The smallest absolute Gasteiger partial charge is 0.0541 e. The lowest BCUT2D eigenvalue weighted by molar-refractivity contribution is 1.18. The Morgan fingerprint density at radius 3 is 1.68 bits per heavy atom. The van der Waals surface area contributed by atoms with E-state index in [9.17, 15) is 0 Å². The monoisotopic (exact) mass is 483 g/mol. The third kappa shape index (κ3) is 3.06. The van der Waals surface area contributed by atoms with Crippen LogP contribution in [0.3, 0.4) is 0 Å². The van der Waals surface area contributed by atoms with Crippen molar-refractivity contribution in [2.75, 3.05) is 0 Å². The highest BCUT2D eigenvalue weighted by atomic mass is 15.0. The van der Waals surface area contributed by atoms with Gasteiger partial charge in [-0.05, 0) is 86.8 Å². The molecule has 7 aromatic carbocycles. The number of hydrogen-bond donors (Lipinski definition) is 0. The minimum atomic E-state index is 1.18. The first kappa shape index (κ1) is 21.2. The highest BCUT2D eigenvalue weighted by molar-refractivity contribution is 6.25. The SMILES string of the molecule is Cc1ccc2c(c1)c1ccccc1n2-c1cccc(-c2ccc3c4ccccc4c4ccccc4c3c2)c1. The summed E-state index contributed by atoms with van der Waals surface area (Å²) in [4.78, 5) is 0. The van der Waals surface area contributed by atoms with E-state index in [1.54, 1.807) is 0 Å². The van der Waals surface area contributed by atoms with Gasteiger partial charge in [0.05, 0.1) is 11.0 Å². The van der Waals surface area contributed by atoms with Gasteiger partial charge in [-0.15, -0.1) is 0 Å². The Morgan fingerprint density at radius 1 is 0.368 bits per heavy atom. The summed E-state index contributed by atoms with van der Waals surface area (Å²) >= 11 is 0. The maximum atomic E-state index is 2.40. The second-order valence-electron chi connectivity index (χ2n) is 10.3. The quantitative estimate of drug-likeness (QED) is 0.216. The molecule has 38 heavy (non-hydrogen) atoms. The zero-order chi connectivity index (χ0) is 25.2. The largest absolute Gasteiger partial charge is 0.309 e. The van der Waals surface area contributed by atoms with Crippen molar-refractivity contribution in [3.8, 4) is 16.8 Å². The zero-order valence-corrected chi connectivity index (χ0v) is 21.1. The van der Waals surface area contributed by atoms with Crippen molar-refractivity contribution in [3.63, 3.8) is 0 Å². The van der Waals surface area contributed by atoms with Crippen LogP contribution in [0.15, 0.2) is 133 Å². The highest BCUT2D eigenvalue weighted by Gasteiger charge is 2.14. The van der Waals surface area contributed by atoms with Gasteiger partial charge in [-0.3, -0.25) is 0 Å². The molecule has 1 aromatic heterocycles. The van der Waals surface area contributed by atoms with Crippen LogP contribution in [0.4, 0.5) is 0 Å². The first-order valence-electron chi connectivity index (χ1n) is 13.2. The van der Waals surface area contributed by atoms with Gasteiger partial charge in [0.25, 0.3) is 0 Å². The summed E-state index contributed by atoms with van der Waals surface area (Å²) in [5, 5.41) is 10.4. The lowest BCUT2D eigenvalue weighted by atomic mass is 9.92. The normalized spacial score (nSPS) is 11.8. The van der Waals surface area contributed by atoms with Crippen LogP contribution in [-0.4, -0.2) is 4.57 Å². The van der Waals surface area contributed by atoms with Crippen LogP contribution in [0.2, 0.25) is 0 Å². The van der Waals surface area contributed by atoms with E-state index in [1.807, 2.05) is 0 Å². The fraction of sp³-hybridized carbons (Fsp3) is 0.0270. The van der Waals surface area contributed by atoms with Crippen LogP contribution in [0.5, 0.6) is 0 Å². The molecule has 8 rings (SSSR count). The molecule has 0 atom stereocenters. The minimum absolute atomic E-state index is 1.18. The highest BCUT2D eigenvalue weighted by Crippen LogP contribution is 2.38. The number of para-hydroxylation sites is 1. The first-order valence-corrected chi connectivity index (χ1v) is 13.2. The zero-order valence-electron chi connectivity index (χ0n) is 21.1. The maximum absolute atomic E-state index is 2.40. The molecular formula is C37H25N. The molecule has 0 bridgehead atoms. The van der Waals surface area contributed by atoms with E-state index in [-0.39, 0.29) is 0 Å². The number of aromatic nitrogens is 1. The van der Waals surface area contributed by atoms with Crippen molar-refractivity contribution < 1.29 is 0 Å². The molecule has 178 valence electrons. The molecule has 1 heterocycles. The van der Waals surface area contributed by atoms with Gasteiger partial charge >= 0.3 is 0 Å². The first-order chi connectivity index (χ1) is 18.8. The summed E-state index contributed by atoms with van der Waals surface area (Å²) in [6.45, 7) is 2.17. The maximum Gasteiger partial charge on any atom is 0.0541 e. The molecule has 0 N–H and O–H groups in total. The van der Waals surface area contributed by atoms with Crippen LogP contribution >= 0.6 is 0 Å². The Labute approximate surface area is 221 Å². The van der Waals surface area contributed by atoms with Gasteiger partial charge < -0.3 is 4.57 Å². The number of hydrogen-bond acceptors (Lipinski definition) is 0. The molecule has 0 aliphatic heterocycles. The van der Waals surface area contributed by atoms with E-state index in [0.29, 0.717) is 0 Å². The molecule has 0 unspecified atom stereocenters. The number of fused-ring (bicyclic) bond motifs is 9. The summed E-state index contributed by atoms with van der Waals surface area (Å²) in [6.07, 6.45) is 0. The van der Waals surface area contributed by atoms with Crippen LogP contribution < -0.4 is 0 Å². The molecule has 0 radical (unpaired) electrons. The van der Waals surface area contributed by atoms with Crippen molar-refractivity contribution in [1.82, 2.24) is 4.57 Å². The second kappa shape index (κ2) is 8.06. The lowest BCUT2D eigenvalue weighted by Gasteiger charge is -2.13. The van der Waals surface area contributed by atoms with Crippen LogP contribution in [-0.2, 0) is 0 Å². The minimum Gasteiger partial charge on any atom is -0.309 e. The number of aryl methyl sites for hydroxylation is 1. The number of rotatable bonds is 2. The van der Waals surface area contributed by atoms with Gasteiger partial charge in [-0.1, -0.05) is 103 Å². The fourth-order valence-corrected chi connectivity index (χ4v) is 6.28. The summed E-state index contributed by atoms with van der Waals surface area (Å²) < 4.78 is 2.40. The van der Waals surface area contributed by atoms with E-state index in [2.05, 4.69) is 145 Å². The standard InChI is InChI=1S/C37H25N/c1-24-17-20-37-35(21-24)33-15-6-7-16-36(33)38(37)27-10-8-9-25(22-27)26-18-19-32-30-13-3-2-11-28(30)29-12-4-5-14-31(29)34(32)23-26/h2-23H,1H3. The van der Waals surface area contributed by atoms with Crippen molar-refractivity contribution in [2.24, 2.45) is 0 Å². The Kier molecular flexibility index (Phi) is 4.50. The van der Waals surface area contributed by atoms with Gasteiger partial charge in [0.2, 0.25) is 0 Å². The summed E-state index contributed by atoms with van der Waals surface area (Å²) in [5.74, 6) is 0. The van der Waals surface area contributed by atoms with Gasteiger partial charge in [-0.25, -0.2) is 0 Å². The van der Waals surface area contributed by atoms with Crippen LogP contribution in [0.25, 0.3) is 70.9 Å². The Bertz CT molecular complexity index is 2160. The third-order valence-electron chi connectivity index (χ3n) is 8.01. The third-order valence-corrected chi connectivity index (χ3v) is 8.01. The Hall–Kier alpha value is -4.88. The Balaban J connectivity index is 1.37. The molecule has 1 heteroatoms. The molecule has 1 nitrogen and oxygen atoms in total. The van der Waals surface area contributed by atoms with Crippen molar-refractivity contribution in [2.45, 2.75) is 6.92 Å². The van der Waals surface area contributed by atoms with Gasteiger partial charge in [0, 0.05) is 16.5 Å². The van der Waals surface area contributed by atoms with E-state index in [4.69, 9.17) is 0 Å². The molecular weight excluding hydrogens is 458 g/mol. The van der Waals surface area contributed by atoms with Crippen molar-refractivity contribution in [1.29, 1.82) is 0 Å². The van der Waals surface area contributed by atoms with Crippen LogP contribution in [0, 0.1) is 6.92 Å². The van der Waals surface area contributed by atoms with Gasteiger partial charge in [-0.2, -0.15) is 0 Å². The molecule has 0 saturated carbocycles. The fourth-order valence-electron chi connectivity index (χ4n) is 6.28. The van der Waals surface area contributed by atoms with Gasteiger partial charge in [0.1, 0.15) is 0 Å². The van der Waals surface area contributed by atoms with E-state index in [0.717, 1.165) is 0 Å². The summed E-state index contributed by atoms with van der Waals surface area (Å²) in [6, 6.07) is 48.9. The molecule has 0 fully saturated rings. The Morgan fingerprint density at radius 2 is 0.947 bits per heavy atom. The molecule has 0 aliphatic carbocycles. The van der Waals surface area contributed by atoms with Crippen molar-refractivity contribution in [3.05, 3.63) is 139 Å². The van der Waals surface area contributed by atoms with Crippen molar-refractivity contribution >= 4 is 54.1 Å². The molecule has 0 amide bonds. The lowest BCUT2D eigenvalue weighted by Crippen LogP contribution is -1.94. The molecule has 0 spiro atoms. The van der Waals surface area contributed by atoms with Gasteiger partial charge in [0.15, 0.2) is 0 Å². The number of nitrogens with zero attached hydrogens (tertiary/aromatic N) is 1. The predicted molar refractivity (Wildman–Crippen MR) is 163 cm³/mol.